The smallest absolute Gasteiger partial charge is 0.129 e. The fraction of sp³-hybridized carbons (Fsp3) is 0.353. The number of nitrogens with zero attached hydrogens (tertiary/aromatic N) is 2. The topological polar surface area (TPSA) is 36.4 Å². The molecule has 3 nitrogen and oxygen atoms in total. The summed E-state index contributed by atoms with van der Waals surface area (Å²) in [6.07, 6.45) is 1.99. The third kappa shape index (κ3) is 4.29. The van der Waals surface area contributed by atoms with Gasteiger partial charge < -0.3 is 10.0 Å². The van der Waals surface area contributed by atoms with Crippen LogP contribution in [0.3, 0.4) is 0 Å². The van der Waals surface area contributed by atoms with Crippen molar-refractivity contribution in [1.29, 1.82) is 0 Å². The Balaban J connectivity index is 2.23. The van der Waals surface area contributed by atoms with Crippen LogP contribution in [-0.4, -0.2) is 17.1 Å². The minimum Gasteiger partial charge on any atom is -0.392 e. The Hall–Kier alpha value is -1.39. The van der Waals surface area contributed by atoms with Gasteiger partial charge in [0.25, 0.3) is 0 Å². The monoisotopic (exact) mass is 348 g/mol. The molecular formula is C17H21BrN2O. The fourth-order valence-electron chi connectivity index (χ4n) is 2.27. The number of hydrogen-bond acceptors (Lipinski definition) is 3. The van der Waals surface area contributed by atoms with Gasteiger partial charge in [-0.05, 0) is 35.7 Å². The summed E-state index contributed by atoms with van der Waals surface area (Å²) in [5.74, 6) is 0.903. The van der Waals surface area contributed by atoms with Crippen LogP contribution in [0.2, 0.25) is 0 Å². The van der Waals surface area contributed by atoms with E-state index < -0.39 is 0 Å². The van der Waals surface area contributed by atoms with Crippen molar-refractivity contribution in [3.05, 3.63) is 57.7 Å². The summed E-state index contributed by atoms with van der Waals surface area (Å²) in [7, 11) is 2.03. The lowest BCUT2D eigenvalue weighted by atomic mass is 10.1. The average molecular weight is 349 g/mol. The third-order valence-corrected chi connectivity index (χ3v) is 4.14. The predicted molar refractivity (Wildman–Crippen MR) is 90.4 cm³/mol. The molecule has 0 saturated carbocycles. The number of pyridine rings is 1. The third-order valence-electron chi connectivity index (χ3n) is 3.37. The molecule has 0 aliphatic heterocycles. The molecule has 1 aromatic carbocycles. The first kappa shape index (κ1) is 16.0. The molecule has 0 atom stereocenters. The van der Waals surface area contributed by atoms with Crippen LogP contribution in [0.4, 0.5) is 5.82 Å². The van der Waals surface area contributed by atoms with Gasteiger partial charge in [-0.3, -0.25) is 0 Å². The molecule has 0 bridgehead atoms. The number of aryl methyl sites for hydroxylation is 1. The van der Waals surface area contributed by atoms with Crippen molar-refractivity contribution in [2.75, 3.05) is 11.9 Å². The van der Waals surface area contributed by atoms with Crippen molar-refractivity contribution in [3.8, 4) is 0 Å². The first-order chi connectivity index (χ1) is 10.1. The number of benzene rings is 1. The zero-order valence-corrected chi connectivity index (χ0v) is 14.1. The molecule has 1 heterocycles. The van der Waals surface area contributed by atoms with Gasteiger partial charge in [-0.25, -0.2) is 4.98 Å². The van der Waals surface area contributed by atoms with Crippen LogP contribution in [0.1, 0.15) is 30.2 Å². The van der Waals surface area contributed by atoms with Gasteiger partial charge in [0.1, 0.15) is 5.82 Å². The number of rotatable bonds is 6. The molecule has 2 aromatic rings. The highest BCUT2D eigenvalue weighted by molar-refractivity contribution is 9.10. The number of aromatic nitrogens is 1. The first-order valence-electron chi connectivity index (χ1n) is 7.19. The summed E-state index contributed by atoms with van der Waals surface area (Å²) in [6, 6.07) is 12.1. The van der Waals surface area contributed by atoms with Gasteiger partial charge in [-0.1, -0.05) is 47.5 Å². The second-order valence-corrected chi connectivity index (χ2v) is 6.03. The first-order valence-corrected chi connectivity index (χ1v) is 7.98. The van der Waals surface area contributed by atoms with Crippen LogP contribution >= 0.6 is 15.9 Å². The number of anilines is 1. The molecule has 0 amide bonds. The molecule has 1 N–H and O–H groups in total. The number of halogens is 1. The van der Waals surface area contributed by atoms with Crippen LogP contribution < -0.4 is 4.90 Å². The molecule has 4 heteroatoms. The second kappa shape index (κ2) is 7.57. The van der Waals surface area contributed by atoms with E-state index >= 15 is 0 Å². The van der Waals surface area contributed by atoms with E-state index in [1.54, 1.807) is 0 Å². The Bertz CT molecular complexity index is 601. The highest BCUT2D eigenvalue weighted by atomic mass is 79.9. The van der Waals surface area contributed by atoms with Gasteiger partial charge in [0.05, 0.1) is 6.61 Å². The van der Waals surface area contributed by atoms with E-state index in [0.717, 1.165) is 40.9 Å². The zero-order valence-electron chi connectivity index (χ0n) is 12.5. The van der Waals surface area contributed by atoms with Crippen molar-refractivity contribution in [3.63, 3.8) is 0 Å². The van der Waals surface area contributed by atoms with Crippen LogP contribution in [-0.2, 0) is 19.6 Å². The molecular weight excluding hydrogens is 328 g/mol. The Morgan fingerprint density at radius 3 is 2.67 bits per heavy atom. The molecule has 0 aliphatic rings. The molecule has 2 rings (SSSR count). The summed E-state index contributed by atoms with van der Waals surface area (Å²) >= 11 is 3.58. The quantitative estimate of drug-likeness (QED) is 0.859. The average Bonchev–Trinajstić information content (AvgIpc) is 2.49. The summed E-state index contributed by atoms with van der Waals surface area (Å²) in [4.78, 5) is 6.81. The Kier molecular flexibility index (Phi) is 5.76. The number of aliphatic hydroxyl groups is 1. The normalized spacial score (nSPS) is 10.7. The standard InChI is InChI=1S/C17H21BrN2O/c1-3-6-15-9-13(12-21)10-17(19-15)20(2)11-14-7-4-5-8-16(14)18/h4-5,7-10,21H,3,6,11-12H2,1-2H3. The van der Waals surface area contributed by atoms with E-state index in [9.17, 15) is 5.11 Å². The van der Waals surface area contributed by atoms with E-state index in [1.165, 1.54) is 5.56 Å². The summed E-state index contributed by atoms with van der Waals surface area (Å²) < 4.78 is 1.10. The second-order valence-electron chi connectivity index (χ2n) is 5.18. The summed E-state index contributed by atoms with van der Waals surface area (Å²) in [5.41, 5.74) is 3.17. The van der Waals surface area contributed by atoms with Crippen molar-refractivity contribution < 1.29 is 5.11 Å². The molecule has 0 spiro atoms. The molecule has 21 heavy (non-hydrogen) atoms. The van der Waals surface area contributed by atoms with Gasteiger partial charge in [-0.2, -0.15) is 0 Å². The lowest BCUT2D eigenvalue weighted by molar-refractivity contribution is 0.281. The van der Waals surface area contributed by atoms with Gasteiger partial charge in [0, 0.05) is 23.8 Å². The Labute approximate surface area is 134 Å². The van der Waals surface area contributed by atoms with Crippen LogP contribution in [0.15, 0.2) is 40.9 Å². The maximum atomic E-state index is 9.42. The van der Waals surface area contributed by atoms with E-state index in [4.69, 9.17) is 4.98 Å². The van der Waals surface area contributed by atoms with Crippen molar-refractivity contribution >= 4 is 21.7 Å². The van der Waals surface area contributed by atoms with Gasteiger partial charge >= 0.3 is 0 Å². The largest absolute Gasteiger partial charge is 0.392 e. The van der Waals surface area contributed by atoms with Crippen LogP contribution in [0.5, 0.6) is 0 Å². The molecule has 0 saturated heterocycles. The van der Waals surface area contributed by atoms with Gasteiger partial charge in [-0.15, -0.1) is 0 Å². The maximum Gasteiger partial charge on any atom is 0.129 e. The maximum absolute atomic E-state index is 9.42. The molecule has 0 unspecified atom stereocenters. The Morgan fingerprint density at radius 2 is 2.00 bits per heavy atom. The molecule has 0 aliphatic carbocycles. The van der Waals surface area contributed by atoms with E-state index in [0.29, 0.717) is 0 Å². The zero-order chi connectivity index (χ0) is 15.2. The van der Waals surface area contributed by atoms with E-state index in [2.05, 4.69) is 33.8 Å². The molecule has 0 radical (unpaired) electrons. The molecule has 0 fully saturated rings. The van der Waals surface area contributed by atoms with E-state index in [1.807, 2.05) is 37.4 Å². The van der Waals surface area contributed by atoms with Crippen LogP contribution in [0.25, 0.3) is 0 Å². The fourth-order valence-corrected chi connectivity index (χ4v) is 2.68. The highest BCUT2D eigenvalue weighted by Gasteiger charge is 2.09. The minimum absolute atomic E-state index is 0.0507. The van der Waals surface area contributed by atoms with Crippen molar-refractivity contribution in [2.24, 2.45) is 0 Å². The number of hydrogen-bond donors (Lipinski definition) is 1. The Morgan fingerprint density at radius 1 is 1.24 bits per heavy atom. The van der Waals surface area contributed by atoms with Crippen LogP contribution in [0, 0.1) is 0 Å². The summed E-state index contributed by atoms with van der Waals surface area (Å²) in [6.45, 7) is 2.96. The van der Waals surface area contributed by atoms with Crippen molar-refractivity contribution in [2.45, 2.75) is 32.9 Å². The number of aliphatic hydroxyl groups excluding tert-OH is 1. The minimum atomic E-state index is 0.0507. The van der Waals surface area contributed by atoms with E-state index in [-0.39, 0.29) is 6.61 Å². The van der Waals surface area contributed by atoms with Gasteiger partial charge in [0.15, 0.2) is 0 Å². The molecule has 112 valence electrons. The predicted octanol–water partition coefficient (Wildman–Crippen LogP) is 3.93. The van der Waals surface area contributed by atoms with Gasteiger partial charge in [0.2, 0.25) is 0 Å². The lowest BCUT2D eigenvalue weighted by Crippen LogP contribution is -2.19. The highest BCUT2D eigenvalue weighted by Crippen LogP contribution is 2.21. The van der Waals surface area contributed by atoms with Crippen molar-refractivity contribution in [1.82, 2.24) is 4.98 Å². The lowest BCUT2D eigenvalue weighted by Gasteiger charge is -2.20. The summed E-state index contributed by atoms with van der Waals surface area (Å²) in [5, 5.41) is 9.42. The molecule has 1 aromatic heterocycles. The SMILES string of the molecule is CCCc1cc(CO)cc(N(C)Cc2ccccc2Br)n1.